The first-order valence-corrected chi connectivity index (χ1v) is 10.0. The maximum atomic E-state index is 13.1. The van der Waals surface area contributed by atoms with Gasteiger partial charge in [-0.1, -0.05) is 5.16 Å². The first kappa shape index (κ1) is 24.0. The van der Waals surface area contributed by atoms with Crippen molar-refractivity contribution in [3.05, 3.63) is 64.5 Å². The third-order valence-corrected chi connectivity index (χ3v) is 4.83. The molecule has 0 saturated carbocycles. The monoisotopic (exact) mass is 464 g/mol. The fourth-order valence-corrected chi connectivity index (χ4v) is 3.07. The molecule has 0 fully saturated rings. The van der Waals surface area contributed by atoms with Gasteiger partial charge in [0.1, 0.15) is 18.1 Å². The van der Waals surface area contributed by atoms with E-state index in [1.165, 1.54) is 25.3 Å². The van der Waals surface area contributed by atoms with Gasteiger partial charge in [0.2, 0.25) is 0 Å². The van der Waals surface area contributed by atoms with Gasteiger partial charge in [0.25, 0.3) is 5.91 Å². The van der Waals surface area contributed by atoms with Crippen LogP contribution < -0.4 is 19.5 Å². The largest absolute Gasteiger partial charge is 0.493 e. The number of amides is 1. The molecule has 3 rings (SSSR count). The standard InChI is InChI=1S/C23H23F3N2O5/c1-5-31-19-9-7-16(23(24,25)26)11-18(19)27-22(29)15-6-8-20(21(10-15)30-4)32-12-17-13(2)28-33-14(17)3/h6-11H,5,12H2,1-4H3,(H,27,29). The highest BCUT2D eigenvalue weighted by Crippen LogP contribution is 2.36. The van der Waals surface area contributed by atoms with Gasteiger partial charge in [-0.15, -0.1) is 0 Å². The molecular weight excluding hydrogens is 441 g/mol. The lowest BCUT2D eigenvalue weighted by Gasteiger charge is -2.15. The van der Waals surface area contributed by atoms with Gasteiger partial charge >= 0.3 is 6.18 Å². The van der Waals surface area contributed by atoms with E-state index in [1.807, 2.05) is 0 Å². The first-order chi connectivity index (χ1) is 15.6. The van der Waals surface area contributed by atoms with Crippen molar-refractivity contribution >= 4 is 11.6 Å². The molecule has 10 heteroatoms. The first-order valence-electron chi connectivity index (χ1n) is 10.0. The number of aryl methyl sites for hydroxylation is 2. The smallest absolute Gasteiger partial charge is 0.416 e. The van der Waals surface area contributed by atoms with E-state index >= 15 is 0 Å². The van der Waals surface area contributed by atoms with Crippen molar-refractivity contribution in [1.82, 2.24) is 5.16 Å². The number of methoxy groups -OCH3 is 1. The molecule has 1 heterocycles. The summed E-state index contributed by atoms with van der Waals surface area (Å²) in [7, 11) is 1.42. The highest BCUT2D eigenvalue weighted by molar-refractivity contribution is 6.05. The highest BCUT2D eigenvalue weighted by Gasteiger charge is 2.31. The molecule has 0 unspecified atom stereocenters. The second-order valence-electron chi connectivity index (χ2n) is 7.05. The number of nitrogens with zero attached hydrogens (tertiary/aromatic N) is 1. The minimum absolute atomic E-state index is 0.0885. The van der Waals surface area contributed by atoms with E-state index in [9.17, 15) is 18.0 Å². The fourth-order valence-electron chi connectivity index (χ4n) is 3.07. The minimum Gasteiger partial charge on any atom is -0.493 e. The van der Waals surface area contributed by atoms with E-state index in [0.717, 1.165) is 17.7 Å². The molecule has 0 radical (unpaired) electrons. The average Bonchev–Trinajstić information content (AvgIpc) is 3.09. The molecule has 0 spiro atoms. The summed E-state index contributed by atoms with van der Waals surface area (Å²) < 4.78 is 60.9. The van der Waals surface area contributed by atoms with Crippen LogP contribution in [0.25, 0.3) is 0 Å². The van der Waals surface area contributed by atoms with Crippen LogP contribution in [0.3, 0.4) is 0 Å². The Bertz CT molecular complexity index is 1120. The summed E-state index contributed by atoms with van der Waals surface area (Å²) in [6.07, 6.45) is -4.56. The molecule has 0 atom stereocenters. The Morgan fingerprint density at radius 1 is 1.06 bits per heavy atom. The fraction of sp³-hybridized carbons (Fsp3) is 0.304. The Labute approximate surface area is 188 Å². The van der Waals surface area contributed by atoms with Crippen LogP contribution in [0, 0.1) is 13.8 Å². The molecule has 0 aliphatic heterocycles. The van der Waals surface area contributed by atoms with Crippen LogP contribution in [0.1, 0.15) is 39.9 Å². The topological polar surface area (TPSA) is 82.8 Å². The second kappa shape index (κ2) is 9.85. The summed E-state index contributed by atoms with van der Waals surface area (Å²) in [6, 6.07) is 7.37. The maximum Gasteiger partial charge on any atom is 0.416 e. The van der Waals surface area contributed by atoms with Crippen LogP contribution in [-0.2, 0) is 12.8 Å². The molecule has 33 heavy (non-hydrogen) atoms. The molecule has 1 aromatic heterocycles. The van der Waals surface area contributed by atoms with Crippen LogP contribution in [0.4, 0.5) is 18.9 Å². The Kier molecular flexibility index (Phi) is 7.15. The van der Waals surface area contributed by atoms with Crippen molar-refractivity contribution in [2.45, 2.75) is 33.6 Å². The predicted molar refractivity (Wildman–Crippen MR) is 114 cm³/mol. The number of anilines is 1. The number of nitrogens with one attached hydrogen (secondary N) is 1. The summed E-state index contributed by atoms with van der Waals surface area (Å²) >= 11 is 0. The van der Waals surface area contributed by atoms with Crippen molar-refractivity contribution in [2.24, 2.45) is 0 Å². The average molecular weight is 464 g/mol. The van der Waals surface area contributed by atoms with Gasteiger partial charge in [0.15, 0.2) is 11.5 Å². The molecule has 3 aromatic rings. The van der Waals surface area contributed by atoms with Gasteiger partial charge in [-0.05, 0) is 57.2 Å². The minimum atomic E-state index is -4.56. The summed E-state index contributed by atoms with van der Waals surface area (Å²) in [5.74, 6) is 0.788. The van der Waals surface area contributed by atoms with Gasteiger partial charge in [-0.3, -0.25) is 4.79 Å². The van der Waals surface area contributed by atoms with Gasteiger partial charge in [-0.25, -0.2) is 0 Å². The zero-order valence-electron chi connectivity index (χ0n) is 18.5. The summed E-state index contributed by atoms with van der Waals surface area (Å²) in [4.78, 5) is 12.8. The number of rotatable bonds is 8. The van der Waals surface area contributed by atoms with Crippen molar-refractivity contribution in [3.63, 3.8) is 0 Å². The van der Waals surface area contributed by atoms with Crippen molar-refractivity contribution in [2.75, 3.05) is 19.0 Å². The number of halogens is 3. The third-order valence-electron chi connectivity index (χ3n) is 4.83. The summed E-state index contributed by atoms with van der Waals surface area (Å²) in [5.41, 5.74) is 0.674. The molecular formula is C23H23F3N2O5. The number of ether oxygens (including phenoxy) is 3. The third kappa shape index (κ3) is 5.57. The van der Waals surface area contributed by atoms with Crippen LogP contribution in [0.5, 0.6) is 17.2 Å². The maximum absolute atomic E-state index is 13.1. The Hall–Kier alpha value is -3.69. The van der Waals surface area contributed by atoms with Gasteiger partial charge < -0.3 is 24.1 Å². The second-order valence-corrected chi connectivity index (χ2v) is 7.05. The van der Waals surface area contributed by atoms with E-state index in [0.29, 0.717) is 17.2 Å². The number of carbonyl (C=O) groups excluding carboxylic acids is 1. The van der Waals surface area contributed by atoms with Gasteiger partial charge in [0.05, 0.1) is 36.2 Å². The molecule has 0 bridgehead atoms. The van der Waals surface area contributed by atoms with Gasteiger partial charge in [0, 0.05) is 5.56 Å². The van der Waals surface area contributed by atoms with E-state index in [1.54, 1.807) is 26.8 Å². The quantitative estimate of drug-likeness (QED) is 0.471. The van der Waals surface area contributed by atoms with Gasteiger partial charge in [-0.2, -0.15) is 13.2 Å². The predicted octanol–water partition coefficient (Wildman–Crippen LogP) is 5.55. The summed E-state index contributed by atoms with van der Waals surface area (Å²) in [6.45, 7) is 5.66. The zero-order chi connectivity index (χ0) is 24.2. The number of benzene rings is 2. The Morgan fingerprint density at radius 2 is 1.79 bits per heavy atom. The number of aromatic nitrogens is 1. The lowest BCUT2D eigenvalue weighted by molar-refractivity contribution is -0.137. The molecule has 176 valence electrons. The number of hydrogen-bond acceptors (Lipinski definition) is 6. The van der Waals surface area contributed by atoms with E-state index in [2.05, 4.69) is 10.5 Å². The van der Waals surface area contributed by atoms with Crippen LogP contribution in [-0.4, -0.2) is 24.8 Å². The van der Waals surface area contributed by atoms with E-state index < -0.39 is 17.6 Å². The molecule has 0 aliphatic carbocycles. The zero-order valence-corrected chi connectivity index (χ0v) is 18.5. The molecule has 2 aromatic carbocycles. The highest BCUT2D eigenvalue weighted by atomic mass is 19.4. The molecule has 1 N–H and O–H groups in total. The SMILES string of the molecule is CCOc1ccc(C(F)(F)F)cc1NC(=O)c1ccc(OCc2c(C)noc2C)c(OC)c1. The lowest BCUT2D eigenvalue weighted by atomic mass is 10.1. The van der Waals surface area contributed by atoms with Crippen molar-refractivity contribution in [3.8, 4) is 17.2 Å². The summed E-state index contributed by atoms with van der Waals surface area (Å²) in [5, 5.41) is 6.35. The Balaban J connectivity index is 1.81. The van der Waals surface area contributed by atoms with Crippen molar-refractivity contribution < 1.29 is 36.7 Å². The van der Waals surface area contributed by atoms with Crippen molar-refractivity contribution in [1.29, 1.82) is 0 Å². The van der Waals surface area contributed by atoms with Crippen LogP contribution in [0.15, 0.2) is 40.9 Å². The molecule has 7 nitrogen and oxygen atoms in total. The van der Waals surface area contributed by atoms with Crippen LogP contribution in [0.2, 0.25) is 0 Å². The Morgan fingerprint density at radius 3 is 2.39 bits per heavy atom. The van der Waals surface area contributed by atoms with Crippen LogP contribution >= 0.6 is 0 Å². The normalized spacial score (nSPS) is 11.2. The number of carbonyl (C=O) groups is 1. The number of alkyl halides is 3. The van der Waals surface area contributed by atoms with E-state index in [-0.39, 0.29) is 36.0 Å². The molecule has 0 saturated heterocycles. The number of hydrogen-bond donors (Lipinski definition) is 1. The lowest BCUT2D eigenvalue weighted by Crippen LogP contribution is -2.15. The molecule has 0 aliphatic rings. The molecule has 1 amide bonds. The van der Waals surface area contributed by atoms with E-state index in [4.69, 9.17) is 18.7 Å².